The van der Waals surface area contributed by atoms with Crippen molar-refractivity contribution >= 4 is 35.1 Å². The third-order valence-electron chi connectivity index (χ3n) is 7.89. The molecule has 3 aliphatic heterocycles. The molecule has 1 N–H and O–H groups in total. The maximum Gasteiger partial charge on any atom is 0.251 e. The summed E-state index contributed by atoms with van der Waals surface area (Å²) < 4.78 is 0. The van der Waals surface area contributed by atoms with Gasteiger partial charge in [-0.25, -0.2) is 0 Å². The molecule has 2 unspecified atom stereocenters. The number of carbonyl (C=O) groups is 5. The van der Waals surface area contributed by atoms with Crippen molar-refractivity contribution < 1.29 is 24.0 Å². The van der Waals surface area contributed by atoms with Crippen molar-refractivity contribution in [1.82, 2.24) is 20.0 Å². The van der Waals surface area contributed by atoms with Crippen molar-refractivity contribution in [2.75, 3.05) is 38.6 Å². The van der Waals surface area contributed by atoms with Crippen LogP contribution in [0.4, 0.5) is 5.69 Å². The Labute approximate surface area is 224 Å². The third kappa shape index (κ3) is 5.39. The molecule has 1 aromatic rings. The fourth-order valence-electron chi connectivity index (χ4n) is 6.00. The summed E-state index contributed by atoms with van der Waals surface area (Å²) in [4.78, 5) is 72.0. The lowest BCUT2D eigenvalue weighted by Gasteiger charge is -2.31. The molecular weight excluding hydrogens is 486 g/mol. The van der Waals surface area contributed by atoms with Crippen LogP contribution in [0.5, 0.6) is 0 Å². The quantitative estimate of drug-likeness (QED) is 0.575. The molecule has 3 aliphatic rings. The van der Waals surface area contributed by atoms with Gasteiger partial charge in [-0.3, -0.25) is 24.0 Å². The molecule has 3 heterocycles. The standard InChI is InChI=1S/C28H39N5O5/c1-17(2)15-21(29-26(36)19-8-10-20(11-9-19)30(4)5)27(37)32-14-12-22-25(32)24(35)16-33(22)28(38)23-7-6-13-31(23)18(3)34/h8-11,17,21-23,25H,6-7,12-16H2,1-5H3,(H,29,36)/t21-,22?,23-,25?/m0/s1. The number of amides is 4. The number of likely N-dealkylation sites (tertiary alicyclic amines) is 3. The van der Waals surface area contributed by atoms with E-state index < -0.39 is 24.2 Å². The van der Waals surface area contributed by atoms with E-state index in [2.05, 4.69) is 5.32 Å². The molecule has 4 rings (SSSR count). The smallest absolute Gasteiger partial charge is 0.251 e. The molecule has 0 saturated carbocycles. The first-order valence-corrected chi connectivity index (χ1v) is 13.5. The van der Waals surface area contributed by atoms with E-state index in [1.165, 1.54) is 6.92 Å². The number of benzene rings is 1. The maximum absolute atomic E-state index is 13.7. The average molecular weight is 526 g/mol. The van der Waals surface area contributed by atoms with E-state index in [1.54, 1.807) is 26.8 Å². The molecule has 0 bridgehead atoms. The van der Waals surface area contributed by atoms with Gasteiger partial charge in [0.15, 0.2) is 5.78 Å². The molecule has 3 fully saturated rings. The normalized spacial score (nSPS) is 23.6. The van der Waals surface area contributed by atoms with Gasteiger partial charge in [-0.2, -0.15) is 0 Å². The molecule has 10 heteroatoms. The van der Waals surface area contributed by atoms with E-state index in [4.69, 9.17) is 0 Å². The second kappa shape index (κ2) is 11.1. The number of fused-ring (bicyclic) bond motifs is 1. The average Bonchev–Trinajstić information content (AvgIpc) is 3.59. The zero-order valence-corrected chi connectivity index (χ0v) is 23.0. The predicted octanol–water partition coefficient (Wildman–Crippen LogP) is 1.29. The zero-order valence-electron chi connectivity index (χ0n) is 23.0. The van der Waals surface area contributed by atoms with Gasteiger partial charge in [0.05, 0.1) is 12.6 Å². The van der Waals surface area contributed by atoms with Gasteiger partial charge >= 0.3 is 0 Å². The van der Waals surface area contributed by atoms with E-state index >= 15 is 0 Å². The summed E-state index contributed by atoms with van der Waals surface area (Å²) >= 11 is 0. The Hall–Kier alpha value is -3.43. The minimum atomic E-state index is -0.782. The molecular formula is C28H39N5O5. The maximum atomic E-state index is 13.7. The zero-order chi connectivity index (χ0) is 27.7. The molecule has 0 radical (unpaired) electrons. The molecule has 0 aromatic heterocycles. The number of anilines is 1. The van der Waals surface area contributed by atoms with Crippen LogP contribution in [0.1, 0.15) is 56.8 Å². The highest BCUT2D eigenvalue weighted by Crippen LogP contribution is 2.33. The minimum Gasteiger partial charge on any atom is -0.378 e. The molecule has 38 heavy (non-hydrogen) atoms. The number of hydrogen-bond donors (Lipinski definition) is 1. The van der Waals surface area contributed by atoms with Gasteiger partial charge in [-0.15, -0.1) is 0 Å². The van der Waals surface area contributed by atoms with Gasteiger partial charge in [-0.05, 0) is 55.9 Å². The summed E-state index contributed by atoms with van der Waals surface area (Å²) in [6.45, 7) is 6.25. The van der Waals surface area contributed by atoms with E-state index in [-0.39, 0.29) is 41.9 Å². The number of nitrogens with one attached hydrogen (secondary N) is 1. The Morgan fingerprint density at radius 3 is 2.29 bits per heavy atom. The second-order valence-corrected chi connectivity index (χ2v) is 11.2. The number of Topliss-reactive ketones (excluding diaryl/α,β-unsaturated/α-hetero) is 1. The van der Waals surface area contributed by atoms with Crippen LogP contribution in [0.15, 0.2) is 24.3 Å². The lowest BCUT2D eigenvalue weighted by molar-refractivity contribution is -0.143. The molecule has 0 spiro atoms. The van der Waals surface area contributed by atoms with Crippen molar-refractivity contribution in [3.63, 3.8) is 0 Å². The monoisotopic (exact) mass is 525 g/mol. The van der Waals surface area contributed by atoms with E-state index in [1.807, 2.05) is 45.0 Å². The van der Waals surface area contributed by atoms with Crippen molar-refractivity contribution in [2.45, 2.75) is 70.6 Å². The molecule has 206 valence electrons. The Morgan fingerprint density at radius 2 is 1.68 bits per heavy atom. The first kappa shape index (κ1) is 27.6. The molecule has 0 aliphatic carbocycles. The Kier molecular flexibility index (Phi) is 8.08. The van der Waals surface area contributed by atoms with Crippen LogP contribution >= 0.6 is 0 Å². The molecule has 10 nitrogen and oxygen atoms in total. The van der Waals surface area contributed by atoms with E-state index in [0.29, 0.717) is 37.9 Å². The highest BCUT2D eigenvalue weighted by molar-refractivity contribution is 6.01. The van der Waals surface area contributed by atoms with Gasteiger partial charge in [-0.1, -0.05) is 13.8 Å². The largest absolute Gasteiger partial charge is 0.378 e. The van der Waals surface area contributed by atoms with Crippen molar-refractivity contribution in [1.29, 1.82) is 0 Å². The highest BCUT2D eigenvalue weighted by Gasteiger charge is 2.53. The van der Waals surface area contributed by atoms with E-state index in [9.17, 15) is 24.0 Å². The Bertz CT molecular complexity index is 1100. The summed E-state index contributed by atoms with van der Waals surface area (Å²) in [5.41, 5.74) is 1.42. The predicted molar refractivity (Wildman–Crippen MR) is 143 cm³/mol. The van der Waals surface area contributed by atoms with Crippen LogP contribution in [0.2, 0.25) is 0 Å². The van der Waals surface area contributed by atoms with Crippen molar-refractivity contribution in [3.05, 3.63) is 29.8 Å². The summed E-state index contributed by atoms with van der Waals surface area (Å²) in [6.07, 6.45) is 2.27. The van der Waals surface area contributed by atoms with Crippen molar-refractivity contribution in [3.8, 4) is 0 Å². The molecule has 4 amide bonds. The summed E-state index contributed by atoms with van der Waals surface area (Å²) in [6, 6.07) is 4.70. The number of nitrogens with zero attached hydrogens (tertiary/aromatic N) is 4. The number of hydrogen-bond acceptors (Lipinski definition) is 6. The van der Waals surface area contributed by atoms with Crippen molar-refractivity contribution in [2.24, 2.45) is 5.92 Å². The first-order chi connectivity index (χ1) is 18.0. The van der Waals surface area contributed by atoms with Crippen LogP contribution in [0, 0.1) is 5.92 Å². The summed E-state index contributed by atoms with van der Waals surface area (Å²) in [5, 5.41) is 2.90. The van der Waals surface area contributed by atoms with E-state index in [0.717, 1.165) is 12.1 Å². The number of ketones is 1. The lowest BCUT2D eigenvalue weighted by atomic mass is 10.0. The molecule has 4 atom stereocenters. The summed E-state index contributed by atoms with van der Waals surface area (Å²) in [7, 11) is 3.84. The Morgan fingerprint density at radius 1 is 1.00 bits per heavy atom. The molecule has 3 saturated heterocycles. The van der Waals surface area contributed by atoms with Gasteiger partial charge in [0.2, 0.25) is 17.7 Å². The number of rotatable bonds is 7. The van der Waals surface area contributed by atoms with Gasteiger partial charge < -0.3 is 24.9 Å². The third-order valence-corrected chi connectivity index (χ3v) is 7.89. The Balaban J connectivity index is 1.48. The summed E-state index contributed by atoms with van der Waals surface area (Å²) in [5.74, 6) is -1.02. The first-order valence-electron chi connectivity index (χ1n) is 13.5. The van der Waals surface area contributed by atoms with Crippen LogP contribution in [-0.4, -0.2) is 102 Å². The van der Waals surface area contributed by atoms with Crippen LogP contribution in [-0.2, 0) is 19.2 Å². The van der Waals surface area contributed by atoms with Crippen LogP contribution < -0.4 is 10.2 Å². The van der Waals surface area contributed by atoms with Crippen LogP contribution in [0.3, 0.4) is 0 Å². The minimum absolute atomic E-state index is 0.0559. The van der Waals surface area contributed by atoms with Gasteiger partial charge in [0, 0.05) is 45.4 Å². The van der Waals surface area contributed by atoms with Gasteiger partial charge in [0.25, 0.3) is 5.91 Å². The fraction of sp³-hybridized carbons (Fsp3) is 0.607. The lowest BCUT2D eigenvalue weighted by Crippen LogP contribution is -2.53. The number of carbonyl (C=O) groups excluding carboxylic acids is 5. The topological polar surface area (TPSA) is 110 Å². The van der Waals surface area contributed by atoms with Crippen LogP contribution in [0.25, 0.3) is 0 Å². The fourth-order valence-corrected chi connectivity index (χ4v) is 6.00. The SMILES string of the molecule is CC(=O)N1CCC[C@H]1C(=O)N1CC(=O)C2C1CCN2C(=O)[C@H](CC(C)C)NC(=O)c1ccc(N(C)C)cc1. The van der Waals surface area contributed by atoms with Gasteiger partial charge in [0.1, 0.15) is 18.1 Å². The second-order valence-electron chi connectivity index (χ2n) is 11.2. The molecule has 1 aromatic carbocycles. The highest BCUT2D eigenvalue weighted by atomic mass is 16.2.